The molecular formula is C18H17FN4OS. The van der Waals surface area contributed by atoms with Gasteiger partial charge in [-0.05, 0) is 61.4 Å². The maximum atomic E-state index is 13.0. The predicted molar refractivity (Wildman–Crippen MR) is 97.0 cm³/mol. The summed E-state index contributed by atoms with van der Waals surface area (Å²) in [6, 6.07) is 11.9. The Hall–Kier alpha value is -2.67. The molecule has 0 saturated heterocycles. The van der Waals surface area contributed by atoms with E-state index in [-0.39, 0.29) is 17.5 Å². The number of carbonyl (C=O) groups is 1. The lowest BCUT2D eigenvalue weighted by molar-refractivity contribution is -0.113. The molecule has 128 valence electrons. The van der Waals surface area contributed by atoms with Gasteiger partial charge in [-0.15, -0.1) is 5.10 Å². The molecule has 1 heterocycles. The molecule has 0 saturated carbocycles. The number of hydrogen-bond acceptors (Lipinski definition) is 4. The van der Waals surface area contributed by atoms with Crippen LogP contribution < -0.4 is 5.32 Å². The van der Waals surface area contributed by atoms with Crippen LogP contribution >= 0.6 is 11.8 Å². The van der Waals surface area contributed by atoms with Crippen molar-refractivity contribution in [3.63, 3.8) is 0 Å². The molecule has 0 aliphatic carbocycles. The number of rotatable bonds is 5. The number of H-pyrrole nitrogens is 1. The van der Waals surface area contributed by atoms with Crippen LogP contribution in [0.25, 0.3) is 11.4 Å². The number of anilines is 1. The number of benzene rings is 2. The Bertz CT molecular complexity index is 872. The SMILES string of the molecule is Cc1cc(C)cc(NC(=O)CSc2n[nH]c(-c3ccc(F)cc3)n2)c1. The third-order valence-electron chi connectivity index (χ3n) is 3.42. The number of aryl methyl sites for hydroxylation is 2. The Morgan fingerprint density at radius 2 is 1.84 bits per heavy atom. The van der Waals surface area contributed by atoms with Gasteiger partial charge < -0.3 is 5.32 Å². The Balaban J connectivity index is 1.58. The summed E-state index contributed by atoms with van der Waals surface area (Å²) in [5.41, 5.74) is 3.72. The molecule has 0 aliphatic rings. The van der Waals surface area contributed by atoms with Crippen molar-refractivity contribution in [3.8, 4) is 11.4 Å². The summed E-state index contributed by atoms with van der Waals surface area (Å²) < 4.78 is 13.0. The lowest BCUT2D eigenvalue weighted by Crippen LogP contribution is -2.14. The minimum absolute atomic E-state index is 0.122. The number of thioether (sulfide) groups is 1. The standard InChI is InChI=1S/C18H17FN4OS/c1-11-7-12(2)9-15(8-11)20-16(24)10-25-18-21-17(22-23-18)13-3-5-14(19)6-4-13/h3-9H,10H2,1-2H3,(H,20,24)(H,21,22,23). The number of aromatic nitrogens is 3. The summed E-state index contributed by atoms with van der Waals surface area (Å²) in [6.45, 7) is 3.98. The molecule has 2 N–H and O–H groups in total. The monoisotopic (exact) mass is 356 g/mol. The van der Waals surface area contributed by atoms with Gasteiger partial charge in [-0.1, -0.05) is 17.8 Å². The third-order valence-corrected chi connectivity index (χ3v) is 4.27. The number of nitrogens with one attached hydrogen (secondary N) is 2. The number of carbonyl (C=O) groups excluding carboxylic acids is 1. The maximum absolute atomic E-state index is 13.0. The van der Waals surface area contributed by atoms with Gasteiger partial charge in [0.1, 0.15) is 5.82 Å². The van der Waals surface area contributed by atoms with E-state index in [4.69, 9.17) is 0 Å². The molecule has 0 spiro atoms. The van der Waals surface area contributed by atoms with Gasteiger partial charge in [0.05, 0.1) is 5.75 Å². The molecule has 0 unspecified atom stereocenters. The van der Waals surface area contributed by atoms with E-state index >= 15 is 0 Å². The van der Waals surface area contributed by atoms with Crippen molar-refractivity contribution in [2.24, 2.45) is 0 Å². The highest BCUT2D eigenvalue weighted by Crippen LogP contribution is 2.20. The minimum Gasteiger partial charge on any atom is -0.325 e. The van der Waals surface area contributed by atoms with E-state index in [2.05, 4.69) is 26.6 Å². The molecule has 0 bridgehead atoms. The molecule has 1 aromatic heterocycles. The van der Waals surface area contributed by atoms with Gasteiger partial charge in [0.25, 0.3) is 0 Å². The number of nitrogens with zero attached hydrogens (tertiary/aromatic N) is 2. The summed E-state index contributed by atoms with van der Waals surface area (Å²) in [5, 5.41) is 10.2. The van der Waals surface area contributed by atoms with Crippen molar-refractivity contribution in [3.05, 3.63) is 59.4 Å². The first kappa shape index (κ1) is 17.2. The van der Waals surface area contributed by atoms with Crippen molar-refractivity contribution in [2.45, 2.75) is 19.0 Å². The summed E-state index contributed by atoms with van der Waals surface area (Å²) in [6.07, 6.45) is 0. The molecule has 0 aliphatic heterocycles. The van der Waals surface area contributed by atoms with Crippen LogP contribution in [0.4, 0.5) is 10.1 Å². The Morgan fingerprint density at radius 1 is 1.16 bits per heavy atom. The summed E-state index contributed by atoms with van der Waals surface area (Å²) >= 11 is 1.24. The van der Waals surface area contributed by atoms with E-state index in [0.717, 1.165) is 22.4 Å². The van der Waals surface area contributed by atoms with E-state index < -0.39 is 0 Å². The van der Waals surface area contributed by atoms with Gasteiger partial charge in [0.15, 0.2) is 5.82 Å². The van der Waals surface area contributed by atoms with Crippen LogP contribution in [0.3, 0.4) is 0 Å². The van der Waals surface area contributed by atoms with Crippen LogP contribution in [0, 0.1) is 19.7 Å². The van der Waals surface area contributed by atoms with Gasteiger partial charge >= 0.3 is 0 Å². The average molecular weight is 356 g/mol. The second kappa shape index (κ2) is 7.48. The molecule has 25 heavy (non-hydrogen) atoms. The van der Waals surface area contributed by atoms with E-state index in [1.54, 1.807) is 12.1 Å². The van der Waals surface area contributed by atoms with Crippen LogP contribution in [0.5, 0.6) is 0 Å². The predicted octanol–water partition coefficient (Wildman–Crippen LogP) is 3.96. The largest absolute Gasteiger partial charge is 0.325 e. The first-order valence-corrected chi connectivity index (χ1v) is 8.67. The summed E-state index contributed by atoms with van der Waals surface area (Å²) in [4.78, 5) is 16.4. The summed E-state index contributed by atoms with van der Waals surface area (Å²) in [7, 11) is 0. The lowest BCUT2D eigenvalue weighted by atomic mass is 10.1. The molecule has 3 rings (SSSR count). The number of aromatic amines is 1. The highest BCUT2D eigenvalue weighted by molar-refractivity contribution is 7.99. The smallest absolute Gasteiger partial charge is 0.234 e. The third kappa shape index (κ3) is 4.67. The first-order chi connectivity index (χ1) is 12.0. The van der Waals surface area contributed by atoms with Crippen LogP contribution in [0.1, 0.15) is 11.1 Å². The fourth-order valence-corrected chi connectivity index (χ4v) is 3.02. The lowest BCUT2D eigenvalue weighted by Gasteiger charge is -2.06. The minimum atomic E-state index is -0.305. The molecule has 5 nitrogen and oxygen atoms in total. The average Bonchev–Trinajstić information content (AvgIpc) is 3.01. The highest BCUT2D eigenvalue weighted by Gasteiger charge is 2.10. The second-order valence-electron chi connectivity index (χ2n) is 5.69. The highest BCUT2D eigenvalue weighted by atomic mass is 32.2. The molecule has 7 heteroatoms. The zero-order valence-electron chi connectivity index (χ0n) is 13.8. The van der Waals surface area contributed by atoms with Crippen LogP contribution in [-0.4, -0.2) is 26.8 Å². The molecule has 2 aromatic carbocycles. The Kier molecular flexibility index (Phi) is 5.14. The maximum Gasteiger partial charge on any atom is 0.234 e. The topological polar surface area (TPSA) is 70.7 Å². The second-order valence-corrected chi connectivity index (χ2v) is 6.63. The Labute approximate surface area is 149 Å². The number of halogens is 1. The quantitative estimate of drug-likeness (QED) is 0.679. The number of amides is 1. The zero-order chi connectivity index (χ0) is 17.8. The van der Waals surface area contributed by atoms with Crippen molar-refractivity contribution in [1.82, 2.24) is 15.2 Å². The fourth-order valence-electron chi connectivity index (χ4n) is 2.42. The van der Waals surface area contributed by atoms with Gasteiger partial charge in [-0.2, -0.15) is 0 Å². The van der Waals surface area contributed by atoms with E-state index in [0.29, 0.717) is 11.0 Å². The van der Waals surface area contributed by atoms with E-state index in [1.165, 1.54) is 23.9 Å². The fraction of sp³-hybridized carbons (Fsp3) is 0.167. The van der Waals surface area contributed by atoms with Crippen molar-refractivity contribution in [2.75, 3.05) is 11.1 Å². The summed E-state index contributed by atoms with van der Waals surface area (Å²) in [5.74, 6) is 0.314. The van der Waals surface area contributed by atoms with Gasteiger partial charge in [0, 0.05) is 11.3 Å². The van der Waals surface area contributed by atoms with Crippen molar-refractivity contribution < 1.29 is 9.18 Å². The normalized spacial score (nSPS) is 10.7. The molecule has 0 atom stereocenters. The van der Waals surface area contributed by atoms with Crippen molar-refractivity contribution in [1.29, 1.82) is 0 Å². The van der Waals surface area contributed by atoms with Gasteiger partial charge in [-0.3, -0.25) is 9.89 Å². The molecule has 1 amide bonds. The molecule has 0 fully saturated rings. The van der Waals surface area contributed by atoms with Gasteiger partial charge in [-0.25, -0.2) is 9.37 Å². The Morgan fingerprint density at radius 3 is 2.52 bits per heavy atom. The molecule has 3 aromatic rings. The molecular weight excluding hydrogens is 339 g/mol. The van der Waals surface area contributed by atoms with E-state index in [9.17, 15) is 9.18 Å². The zero-order valence-corrected chi connectivity index (χ0v) is 14.7. The number of hydrogen-bond donors (Lipinski definition) is 2. The van der Waals surface area contributed by atoms with Crippen molar-refractivity contribution >= 4 is 23.4 Å². The first-order valence-electron chi connectivity index (χ1n) is 7.69. The van der Waals surface area contributed by atoms with E-state index in [1.807, 2.05) is 26.0 Å². The van der Waals surface area contributed by atoms with Crippen LogP contribution in [0.2, 0.25) is 0 Å². The molecule has 0 radical (unpaired) electrons. The van der Waals surface area contributed by atoms with Crippen LogP contribution in [-0.2, 0) is 4.79 Å². The van der Waals surface area contributed by atoms with Gasteiger partial charge in [0.2, 0.25) is 11.1 Å². The van der Waals surface area contributed by atoms with Crippen LogP contribution in [0.15, 0.2) is 47.6 Å².